The minimum absolute atomic E-state index is 0.461. The van der Waals surface area contributed by atoms with Crippen molar-refractivity contribution in [2.75, 3.05) is 13.7 Å². The van der Waals surface area contributed by atoms with Gasteiger partial charge in [0.25, 0.3) is 0 Å². The van der Waals surface area contributed by atoms with Crippen LogP contribution in [0, 0.1) is 0 Å². The van der Waals surface area contributed by atoms with E-state index in [4.69, 9.17) is 9.15 Å². The number of benzene rings is 1. The molecule has 21 heavy (non-hydrogen) atoms. The van der Waals surface area contributed by atoms with E-state index in [0.29, 0.717) is 6.04 Å². The lowest BCUT2D eigenvalue weighted by molar-refractivity contribution is 0.151. The normalized spacial score (nSPS) is 20.6. The van der Waals surface area contributed by atoms with Gasteiger partial charge in [-0.05, 0) is 35.7 Å². The van der Waals surface area contributed by atoms with Crippen LogP contribution in [-0.2, 0) is 25.8 Å². The smallest absolute Gasteiger partial charge is 0.119 e. The second-order valence-electron chi connectivity index (χ2n) is 6.02. The fourth-order valence-electron chi connectivity index (χ4n) is 3.70. The molecule has 3 heterocycles. The molecule has 0 radical (unpaired) electrons. The van der Waals surface area contributed by atoms with E-state index in [1.54, 1.807) is 7.11 Å². The molecule has 0 saturated carbocycles. The van der Waals surface area contributed by atoms with Gasteiger partial charge in [-0.15, -0.1) is 0 Å². The van der Waals surface area contributed by atoms with E-state index in [0.717, 1.165) is 43.9 Å². The van der Waals surface area contributed by atoms with Gasteiger partial charge in [0.2, 0.25) is 0 Å². The first kappa shape index (κ1) is 13.0. The van der Waals surface area contributed by atoms with Crippen molar-refractivity contribution in [2.24, 2.45) is 0 Å². The van der Waals surface area contributed by atoms with Gasteiger partial charge in [0, 0.05) is 37.5 Å². The van der Waals surface area contributed by atoms with Gasteiger partial charge in [-0.2, -0.15) is 0 Å². The third-order valence-corrected chi connectivity index (χ3v) is 4.87. The summed E-state index contributed by atoms with van der Waals surface area (Å²) in [6, 6.07) is 9.22. The molecule has 1 unspecified atom stereocenters. The van der Waals surface area contributed by atoms with Crippen LogP contribution >= 0.6 is 0 Å². The van der Waals surface area contributed by atoms with Crippen LogP contribution in [0.2, 0.25) is 0 Å². The molecule has 2 aliphatic heterocycles. The third kappa shape index (κ3) is 2.07. The minimum atomic E-state index is 0.461. The first-order valence-corrected chi connectivity index (χ1v) is 7.79. The van der Waals surface area contributed by atoms with E-state index in [2.05, 4.69) is 36.1 Å². The van der Waals surface area contributed by atoms with Gasteiger partial charge in [-0.25, -0.2) is 0 Å². The minimum Gasteiger partial charge on any atom is -0.497 e. The fourth-order valence-corrected chi connectivity index (χ4v) is 3.70. The maximum atomic E-state index is 6.01. The van der Waals surface area contributed by atoms with E-state index < -0.39 is 0 Å². The molecule has 1 atom stereocenters. The molecule has 3 nitrogen and oxygen atoms in total. The molecule has 3 heteroatoms. The average Bonchev–Trinajstić information content (AvgIpc) is 2.94. The largest absolute Gasteiger partial charge is 0.497 e. The van der Waals surface area contributed by atoms with Gasteiger partial charge in [0.1, 0.15) is 17.3 Å². The molecule has 110 valence electrons. The van der Waals surface area contributed by atoms with Crippen molar-refractivity contribution >= 4 is 0 Å². The number of aryl methyl sites for hydroxylation is 1. The number of furan rings is 1. The Labute approximate surface area is 125 Å². The third-order valence-electron chi connectivity index (χ3n) is 4.87. The number of hydrogen-bond donors (Lipinski definition) is 0. The molecule has 0 bridgehead atoms. The van der Waals surface area contributed by atoms with Crippen LogP contribution in [-0.4, -0.2) is 18.6 Å². The summed E-state index contributed by atoms with van der Waals surface area (Å²) < 4.78 is 11.4. The fraction of sp³-hybridized carbons (Fsp3) is 0.444. The zero-order chi connectivity index (χ0) is 14.4. The van der Waals surface area contributed by atoms with Crippen molar-refractivity contribution in [1.82, 2.24) is 4.90 Å². The van der Waals surface area contributed by atoms with Gasteiger partial charge in [-0.3, -0.25) is 4.90 Å². The van der Waals surface area contributed by atoms with E-state index in [1.165, 1.54) is 22.5 Å². The number of ether oxygens (including phenoxy) is 1. The predicted molar refractivity (Wildman–Crippen MR) is 81.6 cm³/mol. The molecule has 0 spiro atoms. The first-order chi connectivity index (χ1) is 10.3. The summed E-state index contributed by atoms with van der Waals surface area (Å²) in [5, 5.41) is 0. The number of nitrogens with zero attached hydrogens (tertiary/aromatic N) is 1. The lowest BCUT2D eigenvalue weighted by atomic mass is 9.86. The number of rotatable bonds is 2. The summed E-state index contributed by atoms with van der Waals surface area (Å²) in [7, 11) is 1.73. The van der Waals surface area contributed by atoms with Crippen molar-refractivity contribution in [2.45, 2.75) is 38.8 Å². The van der Waals surface area contributed by atoms with Gasteiger partial charge in [-0.1, -0.05) is 13.0 Å². The van der Waals surface area contributed by atoms with Crippen LogP contribution in [0.3, 0.4) is 0 Å². The van der Waals surface area contributed by atoms with Crippen LogP contribution in [0.25, 0.3) is 0 Å². The molecule has 0 saturated heterocycles. The molecule has 2 aromatic rings. The lowest BCUT2D eigenvalue weighted by Gasteiger charge is -2.40. The maximum absolute atomic E-state index is 6.01. The van der Waals surface area contributed by atoms with Crippen LogP contribution in [0.1, 0.15) is 41.2 Å². The van der Waals surface area contributed by atoms with Gasteiger partial charge in [0.05, 0.1) is 7.11 Å². The Morgan fingerprint density at radius 2 is 2.19 bits per heavy atom. The van der Waals surface area contributed by atoms with Crippen LogP contribution in [0.5, 0.6) is 5.75 Å². The summed E-state index contributed by atoms with van der Waals surface area (Å²) in [4.78, 5) is 2.59. The van der Waals surface area contributed by atoms with Gasteiger partial charge < -0.3 is 9.15 Å². The molecule has 4 rings (SSSR count). The van der Waals surface area contributed by atoms with Crippen molar-refractivity contribution in [3.8, 4) is 5.75 Å². The molecule has 1 aromatic heterocycles. The highest BCUT2D eigenvalue weighted by atomic mass is 16.5. The monoisotopic (exact) mass is 283 g/mol. The number of methoxy groups -OCH3 is 1. The second-order valence-corrected chi connectivity index (χ2v) is 6.02. The highest BCUT2D eigenvalue weighted by Crippen LogP contribution is 2.39. The first-order valence-electron chi connectivity index (χ1n) is 7.79. The van der Waals surface area contributed by atoms with Crippen molar-refractivity contribution < 1.29 is 9.15 Å². The van der Waals surface area contributed by atoms with E-state index in [1.807, 2.05) is 0 Å². The Balaban J connectivity index is 1.71. The Hall–Kier alpha value is -1.74. The zero-order valence-corrected chi connectivity index (χ0v) is 12.7. The summed E-state index contributed by atoms with van der Waals surface area (Å²) in [6.07, 6.45) is 3.08. The Morgan fingerprint density at radius 1 is 1.29 bits per heavy atom. The molecular formula is C18H21NO2. The summed E-state index contributed by atoms with van der Waals surface area (Å²) in [5.74, 6) is 3.27. The zero-order valence-electron chi connectivity index (χ0n) is 12.7. The van der Waals surface area contributed by atoms with Crippen LogP contribution < -0.4 is 4.74 Å². The van der Waals surface area contributed by atoms with Crippen molar-refractivity contribution in [3.05, 3.63) is 52.5 Å². The molecular weight excluding hydrogens is 262 g/mol. The molecule has 0 aliphatic carbocycles. The van der Waals surface area contributed by atoms with Crippen LogP contribution in [0.15, 0.2) is 28.7 Å². The van der Waals surface area contributed by atoms with E-state index >= 15 is 0 Å². The number of hydrogen-bond acceptors (Lipinski definition) is 3. The highest BCUT2D eigenvalue weighted by Gasteiger charge is 2.33. The molecule has 0 fully saturated rings. The van der Waals surface area contributed by atoms with Crippen molar-refractivity contribution in [1.29, 1.82) is 0 Å². The molecule has 0 amide bonds. The van der Waals surface area contributed by atoms with Gasteiger partial charge in [0.15, 0.2) is 0 Å². The lowest BCUT2D eigenvalue weighted by Crippen LogP contribution is -2.38. The second kappa shape index (κ2) is 4.92. The summed E-state index contributed by atoms with van der Waals surface area (Å²) >= 11 is 0. The Bertz CT molecular complexity index is 674. The topological polar surface area (TPSA) is 25.6 Å². The average molecular weight is 283 g/mol. The quantitative estimate of drug-likeness (QED) is 0.843. The number of fused-ring (bicyclic) bond motifs is 4. The molecule has 2 aliphatic rings. The molecule has 1 aromatic carbocycles. The Kier molecular flexibility index (Phi) is 3.03. The standard InChI is InChI=1S/C18H21NO2/c1-3-14-9-13-11-19-7-6-12-8-15(20-2)4-5-16(12)17(19)10-18(13)21-14/h4-5,8-9,17H,3,6-7,10-11H2,1-2H3. The highest BCUT2D eigenvalue weighted by molar-refractivity contribution is 5.41. The van der Waals surface area contributed by atoms with Gasteiger partial charge >= 0.3 is 0 Å². The SMILES string of the molecule is CCc1cc2c(o1)CC1c3ccc(OC)cc3CCN1C2. The summed E-state index contributed by atoms with van der Waals surface area (Å²) in [5.41, 5.74) is 4.27. The van der Waals surface area contributed by atoms with Crippen molar-refractivity contribution in [3.63, 3.8) is 0 Å². The maximum Gasteiger partial charge on any atom is 0.119 e. The predicted octanol–water partition coefficient (Wildman–Crippen LogP) is 3.51. The Morgan fingerprint density at radius 3 is 3.00 bits per heavy atom. The summed E-state index contributed by atoms with van der Waals surface area (Å²) in [6.45, 7) is 4.30. The van der Waals surface area contributed by atoms with E-state index in [-0.39, 0.29) is 0 Å². The molecule has 0 N–H and O–H groups in total. The van der Waals surface area contributed by atoms with Crippen LogP contribution in [0.4, 0.5) is 0 Å². The van der Waals surface area contributed by atoms with E-state index in [9.17, 15) is 0 Å².